The predicted molar refractivity (Wildman–Crippen MR) is 84.0 cm³/mol. The van der Waals surface area contributed by atoms with E-state index < -0.39 is 5.60 Å². The fourth-order valence-corrected chi connectivity index (χ4v) is 2.58. The fourth-order valence-electron chi connectivity index (χ4n) is 2.58. The number of rotatable bonds is 2. The molecule has 1 aliphatic heterocycles. The Labute approximate surface area is 131 Å². The van der Waals surface area contributed by atoms with E-state index in [4.69, 9.17) is 4.74 Å². The molecule has 2 heterocycles. The molecular weight excluding hydrogens is 280 g/mol. The van der Waals surface area contributed by atoms with Gasteiger partial charge in [0.15, 0.2) is 0 Å². The van der Waals surface area contributed by atoms with Gasteiger partial charge in [0.1, 0.15) is 17.7 Å². The van der Waals surface area contributed by atoms with Gasteiger partial charge in [-0.15, -0.1) is 0 Å². The molecule has 1 aliphatic carbocycles. The summed E-state index contributed by atoms with van der Waals surface area (Å²) in [7, 11) is 0. The highest BCUT2D eigenvalue weighted by Gasteiger charge is 2.28. The number of anilines is 1. The lowest BCUT2D eigenvalue weighted by atomic mass is 10.2. The Kier molecular flexibility index (Phi) is 3.93. The van der Waals surface area contributed by atoms with Crippen LogP contribution in [0.25, 0.3) is 0 Å². The lowest BCUT2D eigenvalue weighted by Crippen LogP contribution is -2.50. The van der Waals surface area contributed by atoms with Crippen LogP contribution in [0.1, 0.15) is 45.2 Å². The van der Waals surface area contributed by atoms with Crippen LogP contribution < -0.4 is 4.90 Å². The number of carbonyl (C=O) groups is 1. The fraction of sp³-hybridized carbons (Fsp3) is 0.688. The molecule has 1 aromatic rings. The summed E-state index contributed by atoms with van der Waals surface area (Å²) in [6.07, 6.45) is 3.91. The third-order valence-electron chi connectivity index (χ3n) is 3.92. The van der Waals surface area contributed by atoms with Gasteiger partial charge < -0.3 is 14.5 Å². The first-order chi connectivity index (χ1) is 10.4. The molecule has 2 fully saturated rings. The smallest absolute Gasteiger partial charge is 0.410 e. The van der Waals surface area contributed by atoms with Crippen LogP contribution in [0.4, 0.5) is 10.6 Å². The van der Waals surface area contributed by atoms with Crippen molar-refractivity contribution in [1.29, 1.82) is 0 Å². The molecule has 120 valence electrons. The van der Waals surface area contributed by atoms with Crippen LogP contribution in [0.3, 0.4) is 0 Å². The summed E-state index contributed by atoms with van der Waals surface area (Å²) in [5, 5.41) is 0. The number of piperazine rings is 1. The molecule has 1 amide bonds. The zero-order chi connectivity index (χ0) is 15.7. The van der Waals surface area contributed by atoms with E-state index in [1.807, 2.05) is 20.8 Å². The number of ether oxygens (including phenoxy) is 1. The van der Waals surface area contributed by atoms with E-state index in [-0.39, 0.29) is 6.09 Å². The first-order valence-electron chi connectivity index (χ1n) is 7.97. The maximum atomic E-state index is 12.1. The summed E-state index contributed by atoms with van der Waals surface area (Å²) in [5.74, 6) is 1.60. The van der Waals surface area contributed by atoms with Crippen LogP contribution in [-0.2, 0) is 4.74 Å². The minimum atomic E-state index is -0.444. The normalized spacial score (nSPS) is 19.2. The van der Waals surface area contributed by atoms with Gasteiger partial charge in [0, 0.05) is 43.9 Å². The average Bonchev–Trinajstić information content (AvgIpc) is 3.30. The zero-order valence-corrected chi connectivity index (χ0v) is 13.6. The van der Waals surface area contributed by atoms with Crippen molar-refractivity contribution in [3.8, 4) is 0 Å². The summed E-state index contributed by atoms with van der Waals surface area (Å²) in [6.45, 7) is 8.56. The Balaban J connectivity index is 1.57. The Morgan fingerprint density at radius 3 is 2.45 bits per heavy atom. The van der Waals surface area contributed by atoms with Gasteiger partial charge in [-0.3, -0.25) is 0 Å². The predicted octanol–water partition coefficient (Wildman–Crippen LogP) is 2.41. The monoisotopic (exact) mass is 304 g/mol. The number of amides is 1. The maximum absolute atomic E-state index is 12.1. The van der Waals surface area contributed by atoms with Crippen molar-refractivity contribution in [1.82, 2.24) is 14.9 Å². The molecule has 1 saturated carbocycles. The topological polar surface area (TPSA) is 58.6 Å². The van der Waals surface area contributed by atoms with Crippen molar-refractivity contribution in [2.24, 2.45) is 0 Å². The standard InChI is InChI=1S/C16H24N4O2/c1-16(2,3)22-15(21)20-8-6-19(7-9-20)14-10-13(12-4-5-12)17-11-18-14/h10-12H,4-9H2,1-3H3. The van der Waals surface area contributed by atoms with E-state index in [9.17, 15) is 4.79 Å². The van der Waals surface area contributed by atoms with Crippen LogP contribution in [-0.4, -0.2) is 52.7 Å². The van der Waals surface area contributed by atoms with E-state index >= 15 is 0 Å². The number of aromatic nitrogens is 2. The van der Waals surface area contributed by atoms with Crippen LogP contribution >= 0.6 is 0 Å². The van der Waals surface area contributed by atoms with E-state index in [0.29, 0.717) is 19.0 Å². The van der Waals surface area contributed by atoms with Crippen molar-refractivity contribution < 1.29 is 9.53 Å². The van der Waals surface area contributed by atoms with Gasteiger partial charge in [0.2, 0.25) is 0 Å². The molecule has 0 radical (unpaired) electrons. The lowest BCUT2D eigenvalue weighted by Gasteiger charge is -2.36. The molecule has 22 heavy (non-hydrogen) atoms. The minimum Gasteiger partial charge on any atom is -0.444 e. The van der Waals surface area contributed by atoms with Crippen molar-refractivity contribution in [2.75, 3.05) is 31.1 Å². The molecule has 3 rings (SSSR count). The summed E-state index contributed by atoms with van der Waals surface area (Å²) < 4.78 is 5.42. The zero-order valence-electron chi connectivity index (χ0n) is 13.6. The van der Waals surface area contributed by atoms with Crippen molar-refractivity contribution in [3.05, 3.63) is 18.1 Å². The third-order valence-corrected chi connectivity index (χ3v) is 3.92. The quantitative estimate of drug-likeness (QED) is 0.840. The Morgan fingerprint density at radius 2 is 1.86 bits per heavy atom. The molecule has 6 heteroatoms. The van der Waals surface area contributed by atoms with Crippen molar-refractivity contribution in [2.45, 2.75) is 45.1 Å². The Hall–Kier alpha value is -1.85. The molecule has 6 nitrogen and oxygen atoms in total. The number of hydrogen-bond acceptors (Lipinski definition) is 5. The summed E-state index contributed by atoms with van der Waals surface area (Å²) in [4.78, 5) is 24.8. The van der Waals surface area contributed by atoms with Crippen molar-refractivity contribution in [3.63, 3.8) is 0 Å². The first kappa shape index (κ1) is 15.1. The summed E-state index contributed by atoms with van der Waals surface area (Å²) in [5.41, 5.74) is 0.708. The molecule has 0 atom stereocenters. The molecule has 1 saturated heterocycles. The summed E-state index contributed by atoms with van der Waals surface area (Å²) in [6, 6.07) is 2.10. The molecule has 0 aromatic carbocycles. The summed E-state index contributed by atoms with van der Waals surface area (Å²) >= 11 is 0. The van der Waals surface area contributed by atoms with Gasteiger partial charge in [0.05, 0.1) is 0 Å². The van der Waals surface area contributed by atoms with Crippen LogP contribution in [0.2, 0.25) is 0 Å². The van der Waals surface area contributed by atoms with Gasteiger partial charge in [-0.1, -0.05) is 0 Å². The van der Waals surface area contributed by atoms with E-state index in [2.05, 4.69) is 20.9 Å². The molecule has 1 aromatic heterocycles. The molecule has 0 unspecified atom stereocenters. The first-order valence-corrected chi connectivity index (χ1v) is 7.97. The third kappa shape index (κ3) is 3.67. The van der Waals surface area contributed by atoms with E-state index in [1.54, 1.807) is 11.2 Å². The Morgan fingerprint density at radius 1 is 1.18 bits per heavy atom. The highest BCUT2D eigenvalue weighted by atomic mass is 16.6. The highest BCUT2D eigenvalue weighted by molar-refractivity contribution is 5.68. The SMILES string of the molecule is CC(C)(C)OC(=O)N1CCN(c2cc(C3CC3)ncn2)CC1. The maximum Gasteiger partial charge on any atom is 0.410 e. The molecule has 0 spiro atoms. The molecule has 2 aliphatic rings. The van der Waals surface area contributed by atoms with Crippen LogP contribution in [0.5, 0.6) is 0 Å². The van der Waals surface area contributed by atoms with Gasteiger partial charge in [0.25, 0.3) is 0 Å². The lowest BCUT2D eigenvalue weighted by molar-refractivity contribution is 0.0240. The van der Waals surface area contributed by atoms with E-state index in [1.165, 1.54) is 12.8 Å². The largest absolute Gasteiger partial charge is 0.444 e. The van der Waals surface area contributed by atoms with Gasteiger partial charge >= 0.3 is 6.09 Å². The second-order valence-electron chi connectivity index (χ2n) is 7.03. The highest BCUT2D eigenvalue weighted by Crippen LogP contribution is 2.39. The molecule has 0 N–H and O–H groups in total. The Bertz CT molecular complexity index is 543. The van der Waals surface area contributed by atoms with Crippen LogP contribution in [0, 0.1) is 0 Å². The minimum absolute atomic E-state index is 0.228. The van der Waals surface area contributed by atoms with Gasteiger partial charge in [-0.25, -0.2) is 14.8 Å². The number of carbonyl (C=O) groups excluding carboxylic acids is 1. The second kappa shape index (κ2) is 5.74. The van der Waals surface area contributed by atoms with Crippen molar-refractivity contribution >= 4 is 11.9 Å². The van der Waals surface area contributed by atoms with Crippen LogP contribution in [0.15, 0.2) is 12.4 Å². The molecular formula is C16H24N4O2. The van der Waals surface area contributed by atoms with E-state index in [0.717, 1.165) is 24.6 Å². The van der Waals surface area contributed by atoms with Gasteiger partial charge in [-0.2, -0.15) is 0 Å². The van der Waals surface area contributed by atoms with Gasteiger partial charge in [-0.05, 0) is 33.6 Å². The second-order valence-corrected chi connectivity index (χ2v) is 7.03. The molecule has 0 bridgehead atoms. The number of hydrogen-bond donors (Lipinski definition) is 0. The number of nitrogens with zero attached hydrogens (tertiary/aromatic N) is 4. The average molecular weight is 304 g/mol.